The lowest BCUT2D eigenvalue weighted by Crippen LogP contribution is -2.11. The number of hydrogen-bond donors (Lipinski definition) is 0. The molecule has 0 unspecified atom stereocenters. The van der Waals surface area contributed by atoms with E-state index >= 15 is 0 Å². The summed E-state index contributed by atoms with van der Waals surface area (Å²) in [5.41, 5.74) is 0.749. The number of nitrogens with zero attached hydrogens (tertiary/aromatic N) is 3. The van der Waals surface area contributed by atoms with Crippen LogP contribution in [0.3, 0.4) is 0 Å². The molecule has 1 aromatic heterocycles. The fourth-order valence-electron chi connectivity index (χ4n) is 2.53. The Morgan fingerprint density at radius 1 is 1.14 bits per heavy atom. The summed E-state index contributed by atoms with van der Waals surface area (Å²) >= 11 is 0. The first-order chi connectivity index (χ1) is 10.3. The van der Waals surface area contributed by atoms with E-state index < -0.39 is 0 Å². The molecule has 0 aliphatic rings. The molecule has 0 radical (unpaired) electrons. The molecule has 3 aromatic rings. The number of Topliss-reactive ketones (excluding diaryl/α,β-unsaturated/α-hetero) is 1. The largest absolute Gasteiger partial charge is 0.294 e. The van der Waals surface area contributed by atoms with Crippen LogP contribution in [0.5, 0.6) is 0 Å². The third kappa shape index (κ3) is 2.70. The van der Waals surface area contributed by atoms with Crippen molar-refractivity contribution in [1.82, 2.24) is 14.8 Å². The summed E-state index contributed by atoms with van der Waals surface area (Å²) in [4.78, 5) is 16.8. The monoisotopic (exact) mass is 279 g/mol. The van der Waals surface area contributed by atoms with Gasteiger partial charge in [0.25, 0.3) is 0 Å². The van der Waals surface area contributed by atoms with Crippen LogP contribution in [0.2, 0.25) is 0 Å². The summed E-state index contributed by atoms with van der Waals surface area (Å²) in [7, 11) is 0. The molecule has 2 aromatic carbocycles. The second kappa shape index (κ2) is 5.87. The van der Waals surface area contributed by atoms with Gasteiger partial charge in [-0.25, -0.2) is 9.67 Å². The molecule has 0 spiro atoms. The molecule has 4 nitrogen and oxygen atoms in total. The van der Waals surface area contributed by atoms with E-state index in [1.54, 1.807) is 0 Å². The van der Waals surface area contributed by atoms with Crippen LogP contribution in [0.4, 0.5) is 0 Å². The number of fused-ring (bicyclic) bond motifs is 1. The predicted molar refractivity (Wildman–Crippen MR) is 82.3 cm³/mol. The quantitative estimate of drug-likeness (QED) is 0.673. The normalized spacial score (nSPS) is 10.9. The van der Waals surface area contributed by atoms with Crippen LogP contribution in [0.15, 0.2) is 48.8 Å². The van der Waals surface area contributed by atoms with Crippen molar-refractivity contribution < 1.29 is 4.79 Å². The van der Waals surface area contributed by atoms with Crippen LogP contribution in [-0.4, -0.2) is 20.5 Å². The highest BCUT2D eigenvalue weighted by molar-refractivity contribution is 6.08. The predicted octanol–water partition coefficient (Wildman–Crippen LogP) is 3.27. The lowest BCUT2D eigenvalue weighted by Gasteiger charge is -2.07. The van der Waals surface area contributed by atoms with E-state index in [0.717, 1.165) is 35.1 Å². The molecule has 0 fully saturated rings. The summed E-state index contributed by atoms with van der Waals surface area (Å²) in [5, 5.41) is 6.24. The highest BCUT2D eigenvalue weighted by Crippen LogP contribution is 2.20. The summed E-state index contributed by atoms with van der Waals surface area (Å²) in [6.07, 6.45) is 2.77. The molecule has 0 aliphatic carbocycles. The molecule has 106 valence electrons. The van der Waals surface area contributed by atoms with Crippen LogP contribution in [0, 0.1) is 0 Å². The maximum Gasteiger partial charge on any atom is 0.171 e. The van der Waals surface area contributed by atoms with E-state index in [-0.39, 0.29) is 12.2 Å². The van der Waals surface area contributed by atoms with Crippen molar-refractivity contribution in [3.8, 4) is 0 Å². The Morgan fingerprint density at radius 2 is 1.95 bits per heavy atom. The van der Waals surface area contributed by atoms with E-state index in [1.165, 1.54) is 6.33 Å². The third-order valence-electron chi connectivity index (χ3n) is 3.54. The maximum absolute atomic E-state index is 12.6. The summed E-state index contributed by atoms with van der Waals surface area (Å²) in [5.74, 6) is 0.812. The first-order valence-electron chi connectivity index (χ1n) is 7.17. The zero-order chi connectivity index (χ0) is 14.7. The van der Waals surface area contributed by atoms with Gasteiger partial charge in [0.2, 0.25) is 0 Å². The number of benzene rings is 2. The SMILES string of the molecule is CCCn1ncnc1CC(=O)c1cccc2ccccc12. The molecule has 3 rings (SSSR count). The molecule has 0 amide bonds. The van der Waals surface area contributed by atoms with Crippen molar-refractivity contribution in [1.29, 1.82) is 0 Å². The number of carbonyl (C=O) groups is 1. The molecule has 0 atom stereocenters. The van der Waals surface area contributed by atoms with E-state index in [1.807, 2.05) is 47.1 Å². The minimum atomic E-state index is 0.0807. The van der Waals surface area contributed by atoms with E-state index in [0.29, 0.717) is 0 Å². The second-order valence-corrected chi connectivity index (χ2v) is 5.03. The summed E-state index contributed by atoms with van der Waals surface area (Å²) in [6, 6.07) is 13.8. The van der Waals surface area contributed by atoms with Gasteiger partial charge in [0.15, 0.2) is 5.78 Å². The van der Waals surface area contributed by atoms with E-state index in [4.69, 9.17) is 0 Å². The van der Waals surface area contributed by atoms with Gasteiger partial charge < -0.3 is 0 Å². The molecule has 21 heavy (non-hydrogen) atoms. The molecule has 0 aliphatic heterocycles. The van der Waals surface area contributed by atoms with E-state index in [2.05, 4.69) is 17.0 Å². The first-order valence-corrected chi connectivity index (χ1v) is 7.17. The van der Waals surface area contributed by atoms with Gasteiger partial charge in [0.05, 0.1) is 6.42 Å². The van der Waals surface area contributed by atoms with Gasteiger partial charge in [0, 0.05) is 12.1 Å². The van der Waals surface area contributed by atoms with Gasteiger partial charge >= 0.3 is 0 Å². The Hall–Kier alpha value is -2.49. The van der Waals surface area contributed by atoms with Crippen molar-refractivity contribution >= 4 is 16.6 Å². The maximum atomic E-state index is 12.6. The lowest BCUT2D eigenvalue weighted by atomic mass is 10.00. The van der Waals surface area contributed by atoms with Gasteiger partial charge in [-0.1, -0.05) is 49.4 Å². The second-order valence-electron chi connectivity index (χ2n) is 5.03. The molecule has 0 saturated carbocycles. The van der Waals surface area contributed by atoms with Crippen LogP contribution < -0.4 is 0 Å². The van der Waals surface area contributed by atoms with Crippen molar-refractivity contribution in [2.75, 3.05) is 0 Å². The zero-order valence-electron chi connectivity index (χ0n) is 12.0. The molecule has 0 bridgehead atoms. The number of carbonyl (C=O) groups excluding carboxylic acids is 1. The van der Waals surface area contributed by atoms with Crippen molar-refractivity contribution in [3.63, 3.8) is 0 Å². The Balaban J connectivity index is 1.92. The van der Waals surface area contributed by atoms with Crippen LogP contribution in [-0.2, 0) is 13.0 Å². The summed E-state index contributed by atoms with van der Waals surface area (Å²) in [6.45, 7) is 2.87. The number of aromatic nitrogens is 3. The average molecular weight is 279 g/mol. The molecule has 1 heterocycles. The highest BCUT2D eigenvalue weighted by atomic mass is 16.1. The van der Waals surface area contributed by atoms with Gasteiger partial charge in [-0.3, -0.25) is 4.79 Å². The summed E-state index contributed by atoms with van der Waals surface area (Å²) < 4.78 is 1.81. The molecular weight excluding hydrogens is 262 g/mol. The zero-order valence-corrected chi connectivity index (χ0v) is 12.0. The minimum absolute atomic E-state index is 0.0807. The molecular formula is C17H17N3O. The van der Waals surface area contributed by atoms with Crippen LogP contribution in [0.25, 0.3) is 10.8 Å². The van der Waals surface area contributed by atoms with Gasteiger partial charge in [0.1, 0.15) is 12.2 Å². The fraction of sp³-hybridized carbons (Fsp3) is 0.235. The van der Waals surface area contributed by atoms with Gasteiger partial charge in [-0.2, -0.15) is 5.10 Å². The number of ketones is 1. The van der Waals surface area contributed by atoms with Crippen molar-refractivity contribution in [2.45, 2.75) is 26.3 Å². The van der Waals surface area contributed by atoms with Crippen molar-refractivity contribution in [3.05, 3.63) is 60.2 Å². The third-order valence-corrected chi connectivity index (χ3v) is 3.54. The first kappa shape index (κ1) is 13.5. The van der Waals surface area contributed by atoms with Gasteiger partial charge in [-0.05, 0) is 17.2 Å². The number of hydrogen-bond acceptors (Lipinski definition) is 3. The fourth-order valence-corrected chi connectivity index (χ4v) is 2.53. The topological polar surface area (TPSA) is 47.8 Å². The van der Waals surface area contributed by atoms with Crippen molar-refractivity contribution in [2.24, 2.45) is 0 Å². The lowest BCUT2D eigenvalue weighted by molar-refractivity contribution is 0.0991. The minimum Gasteiger partial charge on any atom is -0.294 e. The molecule has 0 saturated heterocycles. The number of rotatable bonds is 5. The average Bonchev–Trinajstić information content (AvgIpc) is 2.94. The Kier molecular flexibility index (Phi) is 3.77. The van der Waals surface area contributed by atoms with Crippen LogP contribution >= 0.6 is 0 Å². The Bertz CT molecular complexity index is 771. The standard InChI is InChI=1S/C17H17N3O/c1-2-10-20-17(18-12-19-20)11-16(21)15-9-5-7-13-6-3-4-8-14(13)15/h3-9,12H,2,10-11H2,1H3. The Labute approximate surface area is 123 Å². The molecule has 4 heteroatoms. The number of aryl methyl sites for hydroxylation is 1. The molecule has 0 N–H and O–H groups in total. The van der Waals surface area contributed by atoms with Gasteiger partial charge in [-0.15, -0.1) is 0 Å². The van der Waals surface area contributed by atoms with E-state index in [9.17, 15) is 4.79 Å². The Morgan fingerprint density at radius 3 is 2.81 bits per heavy atom. The van der Waals surface area contributed by atoms with Crippen LogP contribution in [0.1, 0.15) is 29.5 Å². The highest BCUT2D eigenvalue weighted by Gasteiger charge is 2.14. The smallest absolute Gasteiger partial charge is 0.171 e.